The smallest absolute Gasteiger partial charge is 0.376 e. The number of alkyl halides is 3. The van der Waals surface area contributed by atoms with Gasteiger partial charge < -0.3 is 10.5 Å². The molecule has 2 N–H and O–H groups in total. The van der Waals surface area contributed by atoms with Crippen molar-refractivity contribution in [3.8, 4) is 0 Å². The zero-order chi connectivity index (χ0) is 12.1. The van der Waals surface area contributed by atoms with E-state index in [0.717, 1.165) is 0 Å². The molecule has 0 aromatic heterocycles. The molecule has 0 bridgehead atoms. The van der Waals surface area contributed by atoms with Crippen molar-refractivity contribution in [3.05, 3.63) is 0 Å². The van der Waals surface area contributed by atoms with Crippen LogP contribution in [0.15, 0.2) is 0 Å². The molecule has 0 saturated carbocycles. The Bertz CT molecular complexity index is 174. The van der Waals surface area contributed by atoms with Crippen LogP contribution < -0.4 is 5.73 Å². The minimum atomic E-state index is -4.09. The van der Waals surface area contributed by atoms with Crippen LogP contribution in [-0.4, -0.2) is 25.4 Å². The van der Waals surface area contributed by atoms with Crippen molar-refractivity contribution in [2.45, 2.75) is 45.9 Å². The van der Waals surface area contributed by atoms with Gasteiger partial charge in [-0.1, -0.05) is 20.8 Å². The molecule has 0 fully saturated rings. The van der Waals surface area contributed by atoms with Gasteiger partial charge in [0, 0.05) is 19.6 Å². The van der Waals surface area contributed by atoms with Gasteiger partial charge in [-0.2, -0.15) is 13.2 Å². The average molecular weight is 227 g/mol. The predicted molar refractivity (Wildman–Crippen MR) is 53.5 cm³/mol. The van der Waals surface area contributed by atoms with Crippen LogP contribution in [0.5, 0.6) is 0 Å². The maximum atomic E-state index is 11.8. The molecule has 0 aromatic rings. The minimum Gasteiger partial charge on any atom is -0.376 e. The van der Waals surface area contributed by atoms with Crippen LogP contribution in [0.25, 0.3) is 0 Å². The van der Waals surface area contributed by atoms with E-state index in [1.54, 1.807) is 0 Å². The molecule has 0 spiro atoms. The number of rotatable bonds is 5. The van der Waals surface area contributed by atoms with E-state index < -0.39 is 12.6 Å². The van der Waals surface area contributed by atoms with Crippen LogP contribution in [-0.2, 0) is 4.74 Å². The fourth-order valence-electron chi connectivity index (χ4n) is 1.17. The number of halogens is 3. The van der Waals surface area contributed by atoms with Gasteiger partial charge in [-0.25, -0.2) is 0 Å². The van der Waals surface area contributed by atoms with Crippen LogP contribution in [0, 0.1) is 5.41 Å². The first kappa shape index (κ1) is 14.7. The fraction of sp³-hybridized carbons (Fsp3) is 1.00. The third-order valence-corrected chi connectivity index (χ3v) is 2.10. The second kappa shape index (κ2) is 5.70. The number of nitrogens with two attached hydrogens (primary N) is 1. The highest BCUT2D eigenvalue weighted by molar-refractivity contribution is 4.75. The molecular weight excluding hydrogens is 207 g/mol. The lowest BCUT2D eigenvalue weighted by Crippen LogP contribution is -2.36. The Morgan fingerprint density at radius 3 is 2.07 bits per heavy atom. The van der Waals surface area contributed by atoms with Crippen LogP contribution in [0.1, 0.15) is 33.6 Å². The van der Waals surface area contributed by atoms with Crippen LogP contribution >= 0.6 is 0 Å². The minimum absolute atomic E-state index is 0.00389. The first-order chi connectivity index (χ1) is 6.67. The number of hydrogen-bond donors (Lipinski definition) is 1. The first-order valence-electron chi connectivity index (χ1n) is 5.05. The predicted octanol–water partition coefficient (Wildman–Crippen LogP) is 2.72. The summed E-state index contributed by atoms with van der Waals surface area (Å²) in [6.45, 7) is 6.30. The molecule has 2 nitrogen and oxygen atoms in total. The van der Waals surface area contributed by atoms with Gasteiger partial charge in [0.15, 0.2) is 0 Å². The summed E-state index contributed by atoms with van der Waals surface area (Å²) in [7, 11) is 0. The summed E-state index contributed by atoms with van der Waals surface area (Å²) in [5.41, 5.74) is 5.35. The van der Waals surface area contributed by atoms with E-state index in [9.17, 15) is 13.2 Å². The zero-order valence-corrected chi connectivity index (χ0v) is 9.53. The molecule has 0 rings (SSSR count). The molecular formula is C10H20F3NO. The Balaban J connectivity index is 3.75. The Kier molecular flexibility index (Phi) is 5.59. The molecule has 0 amide bonds. The van der Waals surface area contributed by atoms with Crippen molar-refractivity contribution in [3.63, 3.8) is 0 Å². The quantitative estimate of drug-likeness (QED) is 0.733. The van der Waals surface area contributed by atoms with E-state index in [4.69, 9.17) is 10.5 Å². The van der Waals surface area contributed by atoms with Crippen molar-refractivity contribution in [1.29, 1.82) is 0 Å². The maximum Gasteiger partial charge on any atom is 0.389 e. The molecule has 5 heteroatoms. The number of ether oxygens (including phenoxy) is 1. The Hall–Kier alpha value is -0.290. The van der Waals surface area contributed by atoms with Crippen molar-refractivity contribution in [1.82, 2.24) is 0 Å². The van der Waals surface area contributed by atoms with Gasteiger partial charge in [0.05, 0.1) is 6.10 Å². The van der Waals surface area contributed by atoms with Crippen LogP contribution in [0.2, 0.25) is 0 Å². The molecule has 0 aliphatic heterocycles. The van der Waals surface area contributed by atoms with E-state index in [-0.39, 0.29) is 24.5 Å². The Labute approximate surface area is 89.0 Å². The van der Waals surface area contributed by atoms with Crippen molar-refractivity contribution >= 4 is 0 Å². The van der Waals surface area contributed by atoms with E-state index in [2.05, 4.69) is 0 Å². The lowest BCUT2D eigenvalue weighted by atomic mass is 9.89. The third-order valence-electron chi connectivity index (χ3n) is 2.10. The second-order valence-electron chi connectivity index (χ2n) is 4.68. The number of hydrogen-bond acceptors (Lipinski definition) is 2. The third kappa shape index (κ3) is 7.62. The molecule has 0 aliphatic carbocycles. The highest BCUT2D eigenvalue weighted by Gasteiger charge is 2.27. The first-order valence-corrected chi connectivity index (χ1v) is 5.05. The molecule has 0 aliphatic rings. The summed E-state index contributed by atoms with van der Waals surface area (Å²) in [4.78, 5) is 0. The molecule has 0 saturated heterocycles. The van der Waals surface area contributed by atoms with E-state index >= 15 is 0 Å². The standard InChI is InChI=1S/C10H20F3NO/c1-9(2,3)8(7-14)15-6-4-5-10(11,12)13/h8H,4-7,14H2,1-3H3. The van der Waals surface area contributed by atoms with Gasteiger partial charge in [0.1, 0.15) is 0 Å². The van der Waals surface area contributed by atoms with Gasteiger partial charge in [-0.05, 0) is 11.8 Å². The van der Waals surface area contributed by atoms with Gasteiger partial charge in [0.2, 0.25) is 0 Å². The van der Waals surface area contributed by atoms with Gasteiger partial charge in [0.25, 0.3) is 0 Å². The summed E-state index contributed by atoms with van der Waals surface area (Å²) >= 11 is 0. The van der Waals surface area contributed by atoms with Crippen molar-refractivity contribution < 1.29 is 17.9 Å². The second-order valence-corrected chi connectivity index (χ2v) is 4.68. The summed E-state index contributed by atoms with van der Waals surface area (Å²) in [6.07, 6.45) is -5.08. The lowest BCUT2D eigenvalue weighted by Gasteiger charge is -2.29. The van der Waals surface area contributed by atoms with Crippen molar-refractivity contribution in [2.24, 2.45) is 11.1 Å². The van der Waals surface area contributed by atoms with Gasteiger partial charge in [-0.3, -0.25) is 0 Å². The molecule has 0 aromatic carbocycles. The summed E-state index contributed by atoms with van der Waals surface area (Å²) in [6, 6.07) is 0. The molecule has 15 heavy (non-hydrogen) atoms. The van der Waals surface area contributed by atoms with E-state index in [1.165, 1.54) is 0 Å². The zero-order valence-electron chi connectivity index (χ0n) is 9.53. The summed E-state index contributed by atoms with van der Waals surface area (Å²) in [5, 5.41) is 0. The monoisotopic (exact) mass is 227 g/mol. The van der Waals surface area contributed by atoms with E-state index in [1.807, 2.05) is 20.8 Å². The highest BCUT2D eigenvalue weighted by Crippen LogP contribution is 2.24. The van der Waals surface area contributed by atoms with Gasteiger partial charge >= 0.3 is 6.18 Å². The average Bonchev–Trinajstić information content (AvgIpc) is 1.99. The molecule has 0 radical (unpaired) electrons. The lowest BCUT2D eigenvalue weighted by molar-refractivity contribution is -0.140. The largest absolute Gasteiger partial charge is 0.389 e. The van der Waals surface area contributed by atoms with Gasteiger partial charge in [-0.15, -0.1) is 0 Å². The SMILES string of the molecule is CC(C)(C)C(CN)OCCCC(F)(F)F. The van der Waals surface area contributed by atoms with Crippen LogP contribution in [0.4, 0.5) is 13.2 Å². The highest BCUT2D eigenvalue weighted by atomic mass is 19.4. The summed E-state index contributed by atoms with van der Waals surface area (Å²) in [5.74, 6) is 0. The Morgan fingerprint density at radius 1 is 1.20 bits per heavy atom. The Morgan fingerprint density at radius 2 is 1.73 bits per heavy atom. The maximum absolute atomic E-state index is 11.8. The molecule has 1 unspecified atom stereocenters. The fourth-order valence-corrected chi connectivity index (χ4v) is 1.17. The van der Waals surface area contributed by atoms with Crippen molar-refractivity contribution in [2.75, 3.05) is 13.2 Å². The molecule has 92 valence electrons. The van der Waals surface area contributed by atoms with E-state index in [0.29, 0.717) is 6.54 Å². The summed E-state index contributed by atoms with van der Waals surface area (Å²) < 4.78 is 40.8. The molecule has 1 atom stereocenters. The van der Waals surface area contributed by atoms with Crippen LogP contribution in [0.3, 0.4) is 0 Å². The topological polar surface area (TPSA) is 35.2 Å². The normalized spacial score (nSPS) is 15.4. The molecule has 0 heterocycles.